The van der Waals surface area contributed by atoms with Crippen LogP contribution in [0, 0.1) is 13.8 Å². The van der Waals surface area contributed by atoms with Crippen LogP contribution in [0.2, 0.25) is 0 Å². The number of rotatable bonds is 5. The molecule has 1 aromatic carbocycles. The van der Waals surface area contributed by atoms with E-state index in [0.29, 0.717) is 23.1 Å². The first-order valence-electron chi connectivity index (χ1n) is 10.2. The second kappa shape index (κ2) is 7.92. The summed E-state index contributed by atoms with van der Waals surface area (Å²) in [6.07, 6.45) is 3.76. The molecule has 2 amide bonds. The van der Waals surface area contributed by atoms with E-state index in [0.717, 1.165) is 21.9 Å². The number of pyridine rings is 1. The van der Waals surface area contributed by atoms with Crippen molar-refractivity contribution in [2.24, 2.45) is 7.05 Å². The van der Waals surface area contributed by atoms with Gasteiger partial charge in [0.05, 0.1) is 16.6 Å². The van der Waals surface area contributed by atoms with Gasteiger partial charge < -0.3 is 30.0 Å². The third-order valence-electron chi connectivity index (χ3n) is 5.63. The Kier molecular flexibility index (Phi) is 5.25. The van der Waals surface area contributed by atoms with Crippen LogP contribution in [0.4, 0.5) is 0 Å². The van der Waals surface area contributed by atoms with Crippen molar-refractivity contribution < 1.29 is 19.8 Å². The first-order valence-corrected chi connectivity index (χ1v) is 10.2. The number of nitrogens with one attached hydrogen (secondary N) is 2. The fourth-order valence-electron chi connectivity index (χ4n) is 4.22. The lowest BCUT2D eigenvalue weighted by Gasteiger charge is -2.11. The monoisotopic (exact) mass is 435 g/mol. The first-order chi connectivity index (χ1) is 15.2. The van der Waals surface area contributed by atoms with Crippen LogP contribution in [0.3, 0.4) is 0 Å². The van der Waals surface area contributed by atoms with Crippen molar-refractivity contribution in [2.75, 3.05) is 13.6 Å². The number of hydrogen-bond donors (Lipinski definition) is 4. The highest BCUT2D eigenvalue weighted by Gasteiger charge is 2.19. The Morgan fingerprint density at radius 2 is 1.69 bits per heavy atom. The maximum absolute atomic E-state index is 12.9. The molecule has 0 atom stereocenters. The molecule has 0 fully saturated rings. The van der Waals surface area contributed by atoms with Gasteiger partial charge >= 0.3 is 0 Å². The number of phenols is 1. The number of benzene rings is 1. The second-order valence-corrected chi connectivity index (χ2v) is 7.88. The molecular formula is C23H25N5O4. The summed E-state index contributed by atoms with van der Waals surface area (Å²) in [4.78, 5) is 29.3. The molecule has 0 unspecified atom stereocenters. The summed E-state index contributed by atoms with van der Waals surface area (Å²) in [5.41, 5.74) is 3.69. The van der Waals surface area contributed by atoms with Crippen LogP contribution in [0.5, 0.6) is 11.6 Å². The quantitative estimate of drug-likeness (QED) is 0.383. The van der Waals surface area contributed by atoms with E-state index < -0.39 is 5.91 Å². The van der Waals surface area contributed by atoms with Crippen LogP contribution in [-0.4, -0.2) is 49.7 Å². The minimum Gasteiger partial charge on any atom is -0.508 e. The molecule has 0 saturated heterocycles. The van der Waals surface area contributed by atoms with Crippen molar-refractivity contribution in [1.29, 1.82) is 0 Å². The lowest BCUT2D eigenvalue weighted by molar-refractivity contribution is 0.0943. The number of carbonyl (C=O) groups excluding carboxylic acids is 2. The summed E-state index contributed by atoms with van der Waals surface area (Å²) in [6.45, 7) is 4.48. The topological polar surface area (TPSA) is 121 Å². The number of aromatic hydroxyl groups is 2. The molecule has 0 aliphatic heterocycles. The van der Waals surface area contributed by atoms with Crippen molar-refractivity contribution in [3.8, 4) is 11.6 Å². The van der Waals surface area contributed by atoms with E-state index in [4.69, 9.17) is 0 Å². The van der Waals surface area contributed by atoms with Crippen molar-refractivity contribution in [1.82, 2.24) is 24.8 Å². The van der Waals surface area contributed by atoms with Gasteiger partial charge in [0, 0.05) is 56.4 Å². The molecule has 0 bridgehead atoms. The maximum atomic E-state index is 12.9. The van der Waals surface area contributed by atoms with Crippen molar-refractivity contribution in [3.63, 3.8) is 0 Å². The molecule has 4 aromatic rings. The molecule has 4 N–H and O–H groups in total. The fraction of sp³-hybridized carbons (Fsp3) is 0.261. The molecule has 32 heavy (non-hydrogen) atoms. The lowest BCUT2D eigenvalue weighted by atomic mass is 10.1. The number of hydrogen-bond acceptors (Lipinski definition) is 5. The number of fused-ring (bicyclic) bond motifs is 2. The number of amides is 2. The van der Waals surface area contributed by atoms with Crippen molar-refractivity contribution in [3.05, 3.63) is 53.0 Å². The van der Waals surface area contributed by atoms with E-state index >= 15 is 0 Å². The fourth-order valence-corrected chi connectivity index (χ4v) is 4.22. The summed E-state index contributed by atoms with van der Waals surface area (Å²) in [5.74, 6) is -0.898. The van der Waals surface area contributed by atoms with E-state index in [2.05, 4.69) is 15.6 Å². The van der Waals surface area contributed by atoms with Crippen LogP contribution in [0.1, 0.15) is 32.0 Å². The van der Waals surface area contributed by atoms with E-state index in [9.17, 15) is 19.8 Å². The molecule has 3 aromatic heterocycles. The van der Waals surface area contributed by atoms with Crippen LogP contribution in [0.25, 0.3) is 21.8 Å². The van der Waals surface area contributed by atoms with Crippen LogP contribution in [0.15, 0.2) is 30.6 Å². The molecule has 0 saturated carbocycles. The zero-order valence-electron chi connectivity index (χ0n) is 18.4. The highest BCUT2D eigenvalue weighted by atomic mass is 16.3. The largest absolute Gasteiger partial charge is 0.508 e. The molecule has 0 aliphatic carbocycles. The highest BCUT2D eigenvalue weighted by molar-refractivity contribution is 6.07. The molecule has 4 rings (SSSR count). The first kappa shape index (κ1) is 21.2. The Balaban J connectivity index is 1.61. The molecule has 3 heterocycles. The molecule has 166 valence electrons. The normalized spacial score (nSPS) is 11.2. The maximum Gasteiger partial charge on any atom is 0.272 e. The molecule has 9 heteroatoms. The van der Waals surface area contributed by atoms with Gasteiger partial charge in [0.2, 0.25) is 5.88 Å². The summed E-state index contributed by atoms with van der Waals surface area (Å²) in [7, 11) is 3.36. The Hall–Kier alpha value is -4.01. The van der Waals surface area contributed by atoms with Gasteiger partial charge in [-0.2, -0.15) is 0 Å². The Labute approximate surface area is 184 Å². The minimum absolute atomic E-state index is 0.0158. The number of aromatic nitrogens is 3. The van der Waals surface area contributed by atoms with Gasteiger partial charge in [-0.1, -0.05) is 0 Å². The SMILES string of the molecule is CNC(=O)c1cc(O)cc2c(C)cn(CCNC(=O)c3nc(O)cc4c(C)cn(C)c34)c12. The van der Waals surface area contributed by atoms with E-state index in [1.54, 1.807) is 12.1 Å². The van der Waals surface area contributed by atoms with Gasteiger partial charge in [-0.05, 0) is 37.1 Å². The standard InChI is InChI=1S/C23H25N5O4/c1-12-10-27(4)21-16(12)9-18(30)26-19(21)23(32)25-5-6-28-11-13(2)15-7-14(29)8-17(20(15)28)22(31)24-3/h7-11,29H,5-6H2,1-4H3,(H,24,31)(H,25,32)(H,26,30). The van der Waals surface area contributed by atoms with Gasteiger partial charge in [-0.15, -0.1) is 0 Å². The average molecular weight is 435 g/mol. The van der Waals surface area contributed by atoms with E-state index in [-0.39, 0.29) is 29.8 Å². The average Bonchev–Trinajstić information content (AvgIpc) is 3.21. The zero-order chi connectivity index (χ0) is 23.2. The third-order valence-corrected chi connectivity index (χ3v) is 5.63. The second-order valence-electron chi connectivity index (χ2n) is 7.88. The third kappa shape index (κ3) is 3.51. The number of phenolic OH excluding ortho intramolecular Hbond substituents is 1. The zero-order valence-corrected chi connectivity index (χ0v) is 18.4. The van der Waals surface area contributed by atoms with Crippen LogP contribution in [-0.2, 0) is 13.6 Å². The van der Waals surface area contributed by atoms with Gasteiger partial charge in [-0.25, -0.2) is 4.98 Å². The Morgan fingerprint density at radius 3 is 2.41 bits per heavy atom. The highest BCUT2D eigenvalue weighted by Crippen LogP contribution is 2.29. The number of aryl methyl sites for hydroxylation is 3. The molecule has 0 radical (unpaired) electrons. The van der Waals surface area contributed by atoms with Gasteiger partial charge in [-0.3, -0.25) is 9.59 Å². The van der Waals surface area contributed by atoms with E-state index in [1.165, 1.54) is 13.1 Å². The number of nitrogens with zero attached hydrogens (tertiary/aromatic N) is 3. The van der Waals surface area contributed by atoms with Crippen LogP contribution < -0.4 is 10.6 Å². The van der Waals surface area contributed by atoms with Gasteiger partial charge in [0.1, 0.15) is 5.75 Å². The summed E-state index contributed by atoms with van der Waals surface area (Å²) in [6, 6.07) is 4.60. The van der Waals surface area contributed by atoms with Crippen molar-refractivity contribution >= 4 is 33.6 Å². The Morgan fingerprint density at radius 1 is 1.00 bits per heavy atom. The Bertz CT molecular complexity index is 1380. The van der Waals surface area contributed by atoms with Gasteiger partial charge in [0.25, 0.3) is 11.8 Å². The summed E-state index contributed by atoms with van der Waals surface area (Å²) < 4.78 is 3.70. The predicted molar refractivity (Wildman–Crippen MR) is 121 cm³/mol. The van der Waals surface area contributed by atoms with Crippen LogP contribution >= 0.6 is 0 Å². The summed E-state index contributed by atoms with van der Waals surface area (Å²) in [5, 5.41) is 27.0. The summed E-state index contributed by atoms with van der Waals surface area (Å²) >= 11 is 0. The molecule has 9 nitrogen and oxygen atoms in total. The van der Waals surface area contributed by atoms with Crippen molar-refractivity contribution in [2.45, 2.75) is 20.4 Å². The smallest absolute Gasteiger partial charge is 0.272 e. The van der Waals surface area contributed by atoms with Gasteiger partial charge in [0.15, 0.2) is 5.69 Å². The molecule has 0 spiro atoms. The predicted octanol–water partition coefficient (Wildman–Crippen LogP) is 2.35. The molecular weight excluding hydrogens is 410 g/mol. The molecule has 0 aliphatic rings. The minimum atomic E-state index is -0.399. The number of carbonyl (C=O) groups is 2. The van der Waals surface area contributed by atoms with E-state index in [1.807, 2.05) is 42.4 Å². The lowest BCUT2D eigenvalue weighted by Crippen LogP contribution is -2.28.